The van der Waals surface area contributed by atoms with Gasteiger partial charge in [0.1, 0.15) is 12.1 Å². The molecule has 13 heteroatoms. The number of nitrogens with zero attached hydrogens (tertiary/aromatic N) is 4. The van der Waals surface area contributed by atoms with Crippen LogP contribution < -0.4 is 16.1 Å². The molecule has 1 aliphatic heterocycles. The van der Waals surface area contributed by atoms with Crippen LogP contribution in [0.2, 0.25) is 0 Å². The first-order valence-corrected chi connectivity index (χ1v) is 18.9. The number of pyridine rings is 1. The van der Waals surface area contributed by atoms with Gasteiger partial charge in [0.25, 0.3) is 5.91 Å². The summed E-state index contributed by atoms with van der Waals surface area (Å²) in [6.45, 7) is 17.4. The molecule has 1 fully saturated rings. The maximum atomic E-state index is 14.3. The third kappa shape index (κ3) is 13.3. The number of methoxy groups -OCH3 is 1. The summed E-state index contributed by atoms with van der Waals surface area (Å²) in [5.41, 5.74) is 5.04. The number of urea groups is 1. The van der Waals surface area contributed by atoms with E-state index in [0.717, 1.165) is 23.4 Å². The van der Waals surface area contributed by atoms with E-state index >= 15 is 0 Å². The highest BCUT2D eigenvalue weighted by molar-refractivity contribution is 5.88. The van der Waals surface area contributed by atoms with E-state index < -0.39 is 41.6 Å². The minimum atomic E-state index is -1.11. The molecule has 5 atom stereocenters. The molecular formula is C40H63N7O6. The minimum Gasteiger partial charge on any atom is -0.453 e. The first-order chi connectivity index (χ1) is 25.0. The highest BCUT2D eigenvalue weighted by atomic mass is 16.5. The molecule has 1 saturated heterocycles. The van der Waals surface area contributed by atoms with Gasteiger partial charge in [0.05, 0.1) is 19.3 Å². The van der Waals surface area contributed by atoms with Crippen molar-refractivity contribution in [3.05, 3.63) is 65.5 Å². The number of aromatic nitrogens is 1. The van der Waals surface area contributed by atoms with Crippen LogP contribution in [0.3, 0.4) is 0 Å². The standard InChI is InChI=1S/C40H63N7O6/c1-10-28(4)34(47-24-23-45(39(47)52)21-20-31-18-14-15-29(5)41-31)36(49)42-32(25-30-16-12-11-13-17-30)33(48)26-46(22-19-27(2)3)44-37(50)35(40(6,7)8)43-38(51)53-9/h11-18,27-28,32-35,48H,10,19-26H2,1-9H3,(H,42,49)(H,43,51)(H,44,50). The number of alkyl carbamates (subject to hydrolysis) is 1. The van der Waals surface area contributed by atoms with Crippen LogP contribution in [0.1, 0.15) is 78.3 Å². The maximum Gasteiger partial charge on any atom is 0.407 e. The van der Waals surface area contributed by atoms with Gasteiger partial charge < -0.3 is 30.3 Å². The Bertz CT molecular complexity index is 1480. The number of carbonyl (C=O) groups excluding carboxylic acids is 4. The van der Waals surface area contributed by atoms with Crippen molar-refractivity contribution in [2.24, 2.45) is 17.3 Å². The van der Waals surface area contributed by atoms with Crippen LogP contribution >= 0.6 is 0 Å². The normalized spacial score (nSPS) is 16.3. The van der Waals surface area contributed by atoms with Crippen LogP contribution in [0.25, 0.3) is 0 Å². The zero-order valence-electron chi connectivity index (χ0n) is 33.2. The van der Waals surface area contributed by atoms with Gasteiger partial charge in [-0.25, -0.2) is 14.6 Å². The number of aryl methyl sites for hydroxylation is 1. The van der Waals surface area contributed by atoms with Crippen LogP contribution in [0.5, 0.6) is 0 Å². The Hall–Kier alpha value is -4.23. The molecule has 13 nitrogen and oxygen atoms in total. The summed E-state index contributed by atoms with van der Waals surface area (Å²) in [5.74, 6) is -0.623. The van der Waals surface area contributed by atoms with Crippen molar-refractivity contribution in [3.8, 4) is 0 Å². The number of rotatable bonds is 19. The van der Waals surface area contributed by atoms with Gasteiger partial charge in [-0.05, 0) is 54.7 Å². The second kappa shape index (κ2) is 20.3. The monoisotopic (exact) mass is 737 g/mol. The number of amides is 5. The molecule has 0 bridgehead atoms. The van der Waals surface area contributed by atoms with Gasteiger partial charge in [0, 0.05) is 50.5 Å². The van der Waals surface area contributed by atoms with Crippen molar-refractivity contribution in [1.82, 2.24) is 35.9 Å². The zero-order chi connectivity index (χ0) is 39.3. The number of aliphatic hydroxyl groups excluding tert-OH is 1. The number of hydrogen-bond acceptors (Lipinski definition) is 8. The summed E-state index contributed by atoms with van der Waals surface area (Å²) < 4.78 is 4.77. The lowest BCUT2D eigenvalue weighted by Gasteiger charge is -2.36. The van der Waals surface area contributed by atoms with Crippen molar-refractivity contribution in [2.75, 3.05) is 39.8 Å². The van der Waals surface area contributed by atoms with E-state index in [2.05, 4.69) is 34.9 Å². The molecule has 0 radical (unpaired) electrons. The van der Waals surface area contributed by atoms with Crippen LogP contribution in [0.15, 0.2) is 48.5 Å². The predicted molar refractivity (Wildman–Crippen MR) is 206 cm³/mol. The fourth-order valence-corrected chi connectivity index (χ4v) is 6.44. The van der Waals surface area contributed by atoms with Gasteiger partial charge >= 0.3 is 12.1 Å². The van der Waals surface area contributed by atoms with Gasteiger partial charge in [-0.15, -0.1) is 0 Å². The average molecular weight is 738 g/mol. The molecule has 53 heavy (non-hydrogen) atoms. The van der Waals surface area contributed by atoms with Gasteiger partial charge in [0.15, 0.2) is 0 Å². The van der Waals surface area contributed by atoms with Crippen molar-refractivity contribution >= 4 is 23.9 Å². The Balaban J connectivity index is 1.84. The summed E-state index contributed by atoms with van der Waals surface area (Å²) in [6, 6.07) is 12.9. The van der Waals surface area contributed by atoms with Gasteiger partial charge in [-0.2, -0.15) is 0 Å². The summed E-state index contributed by atoms with van der Waals surface area (Å²) in [7, 11) is 1.24. The molecule has 0 saturated carbocycles. The molecule has 0 aliphatic carbocycles. The lowest BCUT2D eigenvalue weighted by Crippen LogP contribution is -2.60. The molecule has 4 N–H and O–H groups in total. The summed E-state index contributed by atoms with van der Waals surface area (Å²) in [5, 5.41) is 19.3. The fourth-order valence-electron chi connectivity index (χ4n) is 6.44. The molecule has 1 aromatic heterocycles. The average Bonchev–Trinajstić information content (AvgIpc) is 3.46. The van der Waals surface area contributed by atoms with Crippen molar-refractivity contribution in [3.63, 3.8) is 0 Å². The SMILES string of the molecule is CCC(C)C(C(=O)NC(Cc1ccccc1)C(O)CN(CCC(C)C)NC(=O)C(NC(=O)OC)C(C)(C)C)N1CCN(CCc2cccc(C)n2)C1=O. The Morgan fingerprint density at radius 1 is 1.00 bits per heavy atom. The fraction of sp³-hybridized carbons (Fsp3) is 0.625. The van der Waals surface area contributed by atoms with Crippen LogP contribution in [0, 0.1) is 24.2 Å². The second-order valence-electron chi connectivity index (χ2n) is 15.7. The largest absolute Gasteiger partial charge is 0.453 e. The quantitative estimate of drug-likeness (QED) is 0.156. The van der Waals surface area contributed by atoms with Crippen LogP contribution in [0.4, 0.5) is 9.59 Å². The Kier molecular flexibility index (Phi) is 16.5. The van der Waals surface area contributed by atoms with E-state index in [9.17, 15) is 24.3 Å². The number of hydrazine groups is 1. The lowest BCUT2D eigenvalue weighted by atomic mass is 9.86. The first kappa shape index (κ1) is 43.2. The predicted octanol–water partition coefficient (Wildman–Crippen LogP) is 4.32. The molecule has 0 spiro atoms. The van der Waals surface area contributed by atoms with E-state index in [1.54, 1.807) is 14.8 Å². The molecule has 5 unspecified atom stereocenters. The molecule has 3 rings (SSSR count). The Morgan fingerprint density at radius 2 is 1.70 bits per heavy atom. The molecule has 5 amide bonds. The van der Waals surface area contributed by atoms with Crippen LogP contribution in [-0.4, -0.2) is 113 Å². The molecule has 294 valence electrons. The lowest BCUT2D eigenvalue weighted by molar-refractivity contribution is -0.132. The van der Waals surface area contributed by atoms with Gasteiger partial charge in [-0.3, -0.25) is 20.0 Å². The summed E-state index contributed by atoms with van der Waals surface area (Å²) >= 11 is 0. The van der Waals surface area contributed by atoms with Crippen molar-refractivity contribution in [2.45, 2.75) is 105 Å². The number of nitrogens with one attached hydrogen (secondary N) is 3. The highest BCUT2D eigenvalue weighted by Crippen LogP contribution is 2.23. The molecule has 2 aromatic rings. The van der Waals surface area contributed by atoms with Gasteiger partial charge in [-0.1, -0.05) is 91.3 Å². The topological polar surface area (TPSA) is 156 Å². The summed E-state index contributed by atoms with van der Waals surface area (Å²) in [4.78, 5) is 61.9. The van der Waals surface area contributed by atoms with E-state index in [1.165, 1.54) is 7.11 Å². The number of carbonyl (C=O) groups is 4. The molecule has 1 aromatic carbocycles. The van der Waals surface area contributed by atoms with Crippen molar-refractivity contribution in [1.29, 1.82) is 0 Å². The van der Waals surface area contributed by atoms with Gasteiger partial charge in [0.2, 0.25) is 5.91 Å². The zero-order valence-corrected chi connectivity index (χ0v) is 33.2. The third-order valence-electron chi connectivity index (χ3n) is 9.82. The summed E-state index contributed by atoms with van der Waals surface area (Å²) in [6.07, 6.45) is 0.495. The highest BCUT2D eigenvalue weighted by Gasteiger charge is 2.41. The maximum absolute atomic E-state index is 14.3. The number of benzene rings is 1. The van der Waals surface area contributed by atoms with E-state index in [4.69, 9.17) is 4.74 Å². The van der Waals surface area contributed by atoms with E-state index in [1.807, 2.05) is 90.1 Å². The molecule has 2 heterocycles. The third-order valence-corrected chi connectivity index (χ3v) is 9.82. The smallest absolute Gasteiger partial charge is 0.407 e. The molecule has 1 aliphatic rings. The number of hydrogen-bond donors (Lipinski definition) is 4. The number of ether oxygens (including phenoxy) is 1. The Labute approximate surface area is 316 Å². The molecular weight excluding hydrogens is 674 g/mol. The Morgan fingerprint density at radius 3 is 2.30 bits per heavy atom. The van der Waals surface area contributed by atoms with Crippen LogP contribution in [-0.2, 0) is 27.2 Å². The van der Waals surface area contributed by atoms with E-state index in [0.29, 0.717) is 51.4 Å². The second-order valence-corrected chi connectivity index (χ2v) is 15.7. The first-order valence-electron chi connectivity index (χ1n) is 18.9. The number of aliphatic hydroxyl groups is 1. The van der Waals surface area contributed by atoms with Crippen molar-refractivity contribution < 1.29 is 29.0 Å². The van der Waals surface area contributed by atoms with E-state index in [-0.39, 0.29) is 24.4 Å². The minimum absolute atomic E-state index is 0.00272.